The van der Waals surface area contributed by atoms with Gasteiger partial charge >= 0.3 is 0 Å². The lowest BCUT2D eigenvalue weighted by molar-refractivity contribution is -0.385. The third kappa shape index (κ3) is 5.29. The minimum absolute atomic E-state index is 0.0464. The first-order chi connectivity index (χ1) is 20.1. The molecule has 1 aliphatic heterocycles. The number of anilines is 2. The number of para-hydroxylation sites is 2. The summed E-state index contributed by atoms with van der Waals surface area (Å²) < 4.78 is 0. The van der Waals surface area contributed by atoms with Gasteiger partial charge in [-0.05, 0) is 49.2 Å². The van der Waals surface area contributed by atoms with Crippen molar-refractivity contribution >= 4 is 57.8 Å². The first-order valence-corrected chi connectivity index (χ1v) is 13.5. The molecule has 10 nitrogen and oxygen atoms in total. The molecule has 0 aromatic heterocycles. The summed E-state index contributed by atoms with van der Waals surface area (Å²) >= 11 is 12.7. The molecular formula is C30H22Cl2N4O6. The highest BCUT2D eigenvalue weighted by atomic mass is 35.5. The monoisotopic (exact) mass is 604 g/mol. The van der Waals surface area contributed by atoms with Crippen molar-refractivity contribution in [3.05, 3.63) is 138 Å². The quantitative estimate of drug-likeness (QED) is 0.164. The number of rotatable bonds is 6. The van der Waals surface area contributed by atoms with E-state index in [-0.39, 0.29) is 32.5 Å². The summed E-state index contributed by atoms with van der Waals surface area (Å²) in [6.07, 6.45) is 0.318. The summed E-state index contributed by atoms with van der Waals surface area (Å²) in [5.41, 5.74) is 1.52. The molecule has 0 saturated carbocycles. The van der Waals surface area contributed by atoms with E-state index in [0.29, 0.717) is 23.4 Å². The highest BCUT2D eigenvalue weighted by molar-refractivity contribution is 6.35. The van der Waals surface area contributed by atoms with Gasteiger partial charge in [0.05, 0.1) is 37.1 Å². The van der Waals surface area contributed by atoms with E-state index in [9.17, 15) is 29.8 Å². The van der Waals surface area contributed by atoms with Gasteiger partial charge < -0.3 is 9.80 Å². The Morgan fingerprint density at radius 1 is 0.810 bits per heavy atom. The van der Waals surface area contributed by atoms with Crippen molar-refractivity contribution < 1.29 is 19.4 Å². The average Bonchev–Trinajstić information content (AvgIpc) is 2.97. The topological polar surface area (TPSA) is 127 Å². The molecule has 12 heteroatoms. The number of nitro benzene ring substituents is 2. The highest BCUT2D eigenvalue weighted by Crippen LogP contribution is 2.44. The standard InChI is InChI=1S/C30H22Cl2N4O6/c1-18-15-28(34(19-7-3-2-4-8-19)30(38)23-14-12-21(36(41)42)17-26(23)32)24-9-5-6-10-27(24)33(18)29(37)22-13-11-20(35(39)40)16-25(22)31/h2-14,16-18,28H,15H2,1H3/t18-,28+/m0/s1. The van der Waals surface area contributed by atoms with Crippen molar-refractivity contribution in [3.8, 4) is 0 Å². The molecule has 0 spiro atoms. The summed E-state index contributed by atoms with van der Waals surface area (Å²) in [4.78, 5) is 52.4. The minimum Gasteiger partial charge on any atom is -0.305 e. The molecule has 2 amide bonds. The maximum atomic E-state index is 14.2. The number of hydrogen-bond donors (Lipinski definition) is 0. The van der Waals surface area contributed by atoms with Crippen LogP contribution in [0.15, 0.2) is 91.0 Å². The van der Waals surface area contributed by atoms with E-state index in [1.807, 2.05) is 19.1 Å². The zero-order valence-electron chi connectivity index (χ0n) is 22.0. The fourth-order valence-electron chi connectivity index (χ4n) is 5.20. The summed E-state index contributed by atoms with van der Waals surface area (Å²) in [7, 11) is 0. The van der Waals surface area contributed by atoms with Crippen molar-refractivity contribution in [2.75, 3.05) is 9.80 Å². The van der Waals surface area contributed by atoms with Gasteiger partial charge in [0.15, 0.2) is 0 Å². The molecule has 0 saturated heterocycles. The Morgan fingerprint density at radius 2 is 1.36 bits per heavy atom. The number of nitro groups is 2. The second kappa shape index (κ2) is 11.6. The van der Waals surface area contributed by atoms with Gasteiger partial charge in [-0.1, -0.05) is 59.6 Å². The van der Waals surface area contributed by atoms with Gasteiger partial charge in [-0.3, -0.25) is 29.8 Å². The van der Waals surface area contributed by atoms with Crippen LogP contribution >= 0.6 is 23.2 Å². The van der Waals surface area contributed by atoms with E-state index >= 15 is 0 Å². The maximum absolute atomic E-state index is 14.2. The van der Waals surface area contributed by atoms with E-state index in [4.69, 9.17) is 23.2 Å². The van der Waals surface area contributed by atoms with Crippen molar-refractivity contribution in [2.45, 2.75) is 25.4 Å². The van der Waals surface area contributed by atoms with Crippen molar-refractivity contribution in [1.29, 1.82) is 0 Å². The molecule has 0 bridgehead atoms. The summed E-state index contributed by atoms with van der Waals surface area (Å²) in [6, 6.07) is 22.5. The summed E-state index contributed by atoms with van der Waals surface area (Å²) in [6.45, 7) is 1.84. The predicted octanol–water partition coefficient (Wildman–Crippen LogP) is 7.64. The van der Waals surface area contributed by atoms with Gasteiger partial charge in [-0.25, -0.2) is 0 Å². The van der Waals surface area contributed by atoms with Gasteiger partial charge in [0.25, 0.3) is 23.2 Å². The maximum Gasteiger partial charge on any atom is 0.270 e. The van der Waals surface area contributed by atoms with E-state index in [1.165, 1.54) is 24.3 Å². The highest BCUT2D eigenvalue weighted by Gasteiger charge is 2.40. The second-order valence-electron chi connectivity index (χ2n) is 9.69. The van der Waals surface area contributed by atoms with Crippen LogP contribution in [0.3, 0.4) is 0 Å². The van der Waals surface area contributed by atoms with Crippen LogP contribution in [-0.4, -0.2) is 27.7 Å². The number of non-ortho nitro benzene ring substituents is 2. The van der Waals surface area contributed by atoms with E-state index in [2.05, 4.69) is 0 Å². The van der Waals surface area contributed by atoms with E-state index in [1.54, 1.807) is 52.3 Å². The minimum atomic E-state index is -0.587. The van der Waals surface area contributed by atoms with Crippen LogP contribution in [0, 0.1) is 20.2 Å². The molecule has 0 unspecified atom stereocenters. The molecule has 5 rings (SSSR count). The van der Waals surface area contributed by atoms with Crippen LogP contribution in [-0.2, 0) is 0 Å². The van der Waals surface area contributed by atoms with E-state index < -0.39 is 33.7 Å². The molecule has 4 aromatic carbocycles. The molecule has 42 heavy (non-hydrogen) atoms. The fraction of sp³-hybridized carbons (Fsp3) is 0.133. The Hall–Kier alpha value is -4.80. The normalized spacial score (nSPS) is 15.9. The van der Waals surface area contributed by atoms with Gasteiger partial charge in [0, 0.05) is 41.7 Å². The molecule has 0 N–H and O–H groups in total. The van der Waals surface area contributed by atoms with Crippen LogP contribution in [0.4, 0.5) is 22.7 Å². The van der Waals surface area contributed by atoms with Crippen LogP contribution in [0.25, 0.3) is 0 Å². The lowest BCUT2D eigenvalue weighted by atomic mass is 9.89. The van der Waals surface area contributed by atoms with Gasteiger partial charge in [-0.2, -0.15) is 0 Å². The van der Waals surface area contributed by atoms with Gasteiger partial charge in [-0.15, -0.1) is 0 Å². The van der Waals surface area contributed by atoms with Gasteiger partial charge in [0.1, 0.15) is 0 Å². The summed E-state index contributed by atoms with van der Waals surface area (Å²) in [5, 5.41) is 22.3. The second-order valence-corrected chi connectivity index (χ2v) is 10.5. The lowest BCUT2D eigenvalue weighted by Crippen LogP contribution is -2.48. The molecule has 2 atom stereocenters. The van der Waals surface area contributed by atoms with Crippen LogP contribution in [0.1, 0.15) is 45.7 Å². The van der Waals surface area contributed by atoms with Crippen molar-refractivity contribution in [2.24, 2.45) is 0 Å². The number of amides is 2. The molecule has 0 radical (unpaired) electrons. The molecule has 0 aliphatic carbocycles. The molecule has 0 fully saturated rings. The van der Waals surface area contributed by atoms with Crippen molar-refractivity contribution in [3.63, 3.8) is 0 Å². The zero-order chi connectivity index (χ0) is 30.1. The third-order valence-corrected chi connectivity index (χ3v) is 7.76. The predicted molar refractivity (Wildman–Crippen MR) is 160 cm³/mol. The number of nitrogens with zero attached hydrogens (tertiary/aromatic N) is 4. The molecule has 212 valence electrons. The Labute approximate surface area is 250 Å². The SMILES string of the molecule is C[C@H]1C[C@@H](N(C(=O)c2ccc([N+](=O)[O-])cc2Cl)c2ccccc2)c2ccccc2N1C(=O)c1ccc([N+](=O)[O-])cc1Cl. The van der Waals surface area contributed by atoms with E-state index in [0.717, 1.165) is 12.1 Å². The van der Waals surface area contributed by atoms with Crippen LogP contribution in [0.2, 0.25) is 10.0 Å². The molecule has 4 aromatic rings. The number of fused-ring (bicyclic) bond motifs is 1. The lowest BCUT2D eigenvalue weighted by Gasteiger charge is -2.43. The Bertz CT molecular complexity index is 1730. The zero-order valence-corrected chi connectivity index (χ0v) is 23.5. The number of carbonyl (C=O) groups excluding carboxylic acids is 2. The summed E-state index contributed by atoms with van der Waals surface area (Å²) in [5.74, 6) is -0.907. The number of halogens is 2. The van der Waals surface area contributed by atoms with Crippen LogP contribution in [0.5, 0.6) is 0 Å². The van der Waals surface area contributed by atoms with Gasteiger partial charge in [0.2, 0.25) is 0 Å². The Kier molecular flexibility index (Phi) is 7.93. The Morgan fingerprint density at radius 3 is 1.93 bits per heavy atom. The number of benzene rings is 4. The molecular weight excluding hydrogens is 583 g/mol. The largest absolute Gasteiger partial charge is 0.305 e. The first kappa shape index (κ1) is 28.7. The first-order valence-electron chi connectivity index (χ1n) is 12.8. The number of hydrogen-bond acceptors (Lipinski definition) is 6. The van der Waals surface area contributed by atoms with Crippen LogP contribution < -0.4 is 9.80 Å². The smallest absolute Gasteiger partial charge is 0.270 e. The van der Waals surface area contributed by atoms with Crippen molar-refractivity contribution in [1.82, 2.24) is 0 Å². The molecule has 1 aliphatic rings. The number of carbonyl (C=O) groups is 2. The third-order valence-electron chi connectivity index (χ3n) is 7.13. The Balaban J connectivity index is 1.60. The molecule has 1 heterocycles. The fourth-order valence-corrected chi connectivity index (χ4v) is 5.72. The average molecular weight is 605 g/mol.